The van der Waals surface area contributed by atoms with E-state index >= 15 is 0 Å². The van der Waals surface area contributed by atoms with Crippen molar-refractivity contribution >= 4 is 11.8 Å². The van der Waals surface area contributed by atoms with E-state index in [-0.39, 0.29) is 23.2 Å². The van der Waals surface area contributed by atoms with Crippen molar-refractivity contribution in [1.82, 2.24) is 0 Å². The van der Waals surface area contributed by atoms with Crippen molar-refractivity contribution < 1.29 is 29.6 Å². The van der Waals surface area contributed by atoms with Crippen LogP contribution in [0.15, 0.2) is 11.6 Å². The van der Waals surface area contributed by atoms with Crippen LogP contribution in [0.2, 0.25) is 0 Å². The number of ether oxygens (including phenoxy) is 1. The molecule has 4 aliphatic rings. The van der Waals surface area contributed by atoms with Crippen molar-refractivity contribution in [3.63, 3.8) is 0 Å². The first kappa shape index (κ1) is 21.0. The highest BCUT2D eigenvalue weighted by atomic mass is 16.5. The van der Waals surface area contributed by atoms with Gasteiger partial charge in [0.15, 0.2) is 0 Å². The Hall–Kier alpha value is -1.24. The van der Waals surface area contributed by atoms with E-state index in [2.05, 4.69) is 6.92 Å². The highest BCUT2D eigenvalue weighted by Crippen LogP contribution is 2.69. The lowest BCUT2D eigenvalue weighted by molar-refractivity contribution is -0.299. The van der Waals surface area contributed by atoms with Crippen LogP contribution in [0.5, 0.6) is 0 Å². The SMILES string of the molecule is CC(=O)O[C@@H]1C[C@@H]2[C@@]3(C)CC[C@H](O)CC3=CC[C@@]2(O)[C@@]2(O)CC[C@@H](C(C)=O)[C@@]12C. The van der Waals surface area contributed by atoms with Gasteiger partial charge in [0.1, 0.15) is 23.1 Å². The third-order valence-electron chi connectivity index (χ3n) is 9.23. The van der Waals surface area contributed by atoms with Gasteiger partial charge in [-0.1, -0.05) is 25.5 Å². The number of aliphatic hydroxyl groups is 3. The van der Waals surface area contributed by atoms with Gasteiger partial charge in [-0.05, 0) is 57.3 Å². The Morgan fingerprint density at radius 3 is 2.45 bits per heavy atom. The van der Waals surface area contributed by atoms with E-state index in [4.69, 9.17) is 4.74 Å². The Morgan fingerprint density at radius 1 is 1.14 bits per heavy atom. The van der Waals surface area contributed by atoms with Gasteiger partial charge in [0.2, 0.25) is 0 Å². The van der Waals surface area contributed by atoms with Crippen molar-refractivity contribution in [2.24, 2.45) is 22.7 Å². The first-order chi connectivity index (χ1) is 13.4. The molecule has 0 spiro atoms. The summed E-state index contributed by atoms with van der Waals surface area (Å²) in [7, 11) is 0. The Bertz CT molecular complexity index is 775. The number of carbonyl (C=O) groups is 2. The largest absolute Gasteiger partial charge is 0.462 e. The van der Waals surface area contributed by atoms with Gasteiger partial charge in [0.05, 0.1) is 6.10 Å². The van der Waals surface area contributed by atoms with Crippen molar-refractivity contribution in [3.05, 3.63) is 11.6 Å². The molecule has 8 atom stereocenters. The zero-order valence-electron chi connectivity index (χ0n) is 17.9. The average molecular weight is 407 g/mol. The monoisotopic (exact) mass is 406 g/mol. The van der Waals surface area contributed by atoms with E-state index in [1.54, 1.807) is 0 Å². The highest BCUT2D eigenvalue weighted by molar-refractivity contribution is 5.80. The van der Waals surface area contributed by atoms with Crippen molar-refractivity contribution in [1.29, 1.82) is 0 Å². The van der Waals surface area contributed by atoms with Crippen molar-refractivity contribution in [3.8, 4) is 0 Å². The van der Waals surface area contributed by atoms with Crippen LogP contribution in [0.3, 0.4) is 0 Å². The first-order valence-corrected chi connectivity index (χ1v) is 10.9. The maximum atomic E-state index is 12.5. The molecule has 0 aromatic rings. The summed E-state index contributed by atoms with van der Waals surface area (Å²) in [5.74, 6) is -1.25. The Labute approximate surface area is 172 Å². The zero-order chi connectivity index (χ0) is 21.4. The van der Waals surface area contributed by atoms with Crippen LogP contribution in [-0.2, 0) is 14.3 Å². The molecule has 0 heterocycles. The van der Waals surface area contributed by atoms with Gasteiger partial charge in [0.25, 0.3) is 0 Å². The molecule has 3 saturated carbocycles. The van der Waals surface area contributed by atoms with Crippen LogP contribution in [0.25, 0.3) is 0 Å². The molecule has 0 aromatic carbocycles. The lowest BCUT2D eigenvalue weighted by Gasteiger charge is -2.66. The fraction of sp³-hybridized carbons (Fsp3) is 0.826. The Balaban J connectivity index is 1.87. The molecule has 0 aromatic heterocycles. The van der Waals surface area contributed by atoms with Crippen LogP contribution < -0.4 is 0 Å². The van der Waals surface area contributed by atoms with Gasteiger partial charge in [-0.25, -0.2) is 0 Å². The average Bonchev–Trinajstić information content (AvgIpc) is 2.92. The summed E-state index contributed by atoms with van der Waals surface area (Å²) in [6, 6.07) is 0. The van der Waals surface area contributed by atoms with Gasteiger partial charge in [-0.3, -0.25) is 9.59 Å². The Kier molecular flexibility index (Phi) is 4.62. The second kappa shape index (κ2) is 6.38. The van der Waals surface area contributed by atoms with E-state index in [0.717, 1.165) is 5.57 Å². The molecule has 0 unspecified atom stereocenters. The quantitative estimate of drug-likeness (QED) is 0.480. The summed E-state index contributed by atoms with van der Waals surface area (Å²) >= 11 is 0. The van der Waals surface area contributed by atoms with Crippen LogP contribution in [-0.4, -0.2) is 50.5 Å². The normalized spacial score (nSPS) is 51.3. The molecule has 0 radical (unpaired) electrons. The number of Topliss-reactive ketones (excluding diaryl/α,β-unsaturated/α-hetero) is 1. The minimum atomic E-state index is -1.53. The van der Waals surface area contributed by atoms with E-state index in [9.17, 15) is 24.9 Å². The fourth-order valence-electron chi connectivity index (χ4n) is 7.63. The van der Waals surface area contributed by atoms with Gasteiger partial charge >= 0.3 is 5.97 Å². The fourth-order valence-corrected chi connectivity index (χ4v) is 7.63. The summed E-state index contributed by atoms with van der Waals surface area (Å²) in [4.78, 5) is 24.5. The molecule has 29 heavy (non-hydrogen) atoms. The van der Waals surface area contributed by atoms with Crippen molar-refractivity contribution in [2.75, 3.05) is 0 Å². The Morgan fingerprint density at radius 2 is 1.83 bits per heavy atom. The van der Waals surface area contributed by atoms with E-state index in [1.807, 2.05) is 13.0 Å². The molecule has 3 fully saturated rings. The zero-order valence-corrected chi connectivity index (χ0v) is 17.9. The van der Waals surface area contributed by atoms with Gasteiger partial charge in [-0.15, -0.1) is 0 Å². The van der Waals surface area contributed by atoms with Gasteiger partial charge in [-0.2, -0.15) is 0 Å². The summed E-state index contributed by atoms with van der Waals surface area (Å²) < 4.78 is 5.76. The van der Waals surface area contributed by atoms with Crippen LogP contribution in [0, 0.1) is 22.7 Å². The summed E-state index contributed by atoms with van der Waals surface area (Å²) in [6.07, 6.45) is 4.39. The maximum Gasteiger partial charge on any atom is 0.302 e. The van der Waals surface area contributed by atoms with Crippen molar-refractivity contribution in [2.45, 2.75) is 96.1 Å². The van der Waals surface area contributed by atoms with E-state index in [1.165, 1.54) is 13.8 Å². The minimum absolute atomic E-state index is 0.0401. The van der Waals surface area contributed by atoms with Crippen LogP contribution in [0.1, 0.15) is 72.6 Å². The number of rotatable bonds is 2. The number of carbonyl (C=O) groups excluding carboxylic acids is 2. The molecule has 6 nitrogen and oxygen atoms in total. The molecule has 3 N–H and O–H groups in total. The smallest absolute Gasteiger partial charge is 0.302 e. The molecule has 0 bridgehead atoms. The number of ketones is 1. The number of hydrogen-bond donors (Lipinski definition) is 3. The molecule has 4 aliphatic carbocycles. The van der Waals surface area contributed by atoms with E-state index in [0.29, 0.717) is 44.9 Å². The maximum absolute atomic E-state index is 12.5. The standard InChI is InChI=1S/C23H34O6/c1-13(24)17-7-10-23(28)21(17,4)19(29-14(2)25)12-18-20(3)8-6-16(26)11-15(20)5-9-22(18,23)27/h5,16-19,26-28H,6-12H2,1-4H3/t16-,17-,18+,19+,20-,21-,22-,23+/m0/s1. The number of hydrogen-bond acceptors (Lipinski definition) is 6. The summed E-state index contributed by atoms with van der Waals surface area (Å²) in [5, 5.41) is 34.4. The molecule has 6 heteroatoms. The predicted octanol–water partition coefficient (Wildman–Crippen LogP) is 2.29. The van der Waals surface area contributed by atoms with Gasteiger partial charge < -0.3 is 20.1 Å². The topological polar surface area (TPSA) is 104 Å². The number of esters is 1. The highest BCUT2D eigenvalue weighted by Gasteiger charge is 2.77. The third-order valence-corrected chi connectivity index (χ3v) is 9.23. The minimum Gasteiger partial charge on any atom is -0.462 e. The number of fused-ring (bicyclic) bond motifs is 5. The third kappa shape index (κ3) is 2.52. The molecule has 0 saturated heterocycles. The molecule has 0 aliphatic heterocycles. The van der Waals surface area contributed by atoms with E-state index < -0.39 is 34.6 Å². The second-order valence-corrected chi connectivity index (χ2v) is 10.4. The summed E-state index contributed by atoms with van der Waals surface area (Å²) in [5.41, 5.74) is -3.22. The lowest BCUT2D eigenvalue weighted by atomic mass is 9.43. The lowest BCUT2D eigenvalue weighted by Crippen LogP contribution is -2.75. The molecule has 0 amide bonds. The molecular weight excluding hydrogens is 372 g/mol. The molecular formula is C23H34O6. The van der Waals surface area contributed by atoms with Crippen LogP contribution in [0.4, 0.5) is 0 Å². The summed E-state index contributed by atoms with van der Waals surface area (Å²) in [6.45, 7) is 6.80. The number of aliphatic hydroxyl groups excluding tert-OH is 1. The predicted molar refractivity (Wildman–Crippen MR) is 106 cm³/mol. The molecule has 4 rings (SSSR count). The first-order valence-electron chi connectivity index (χ1n) is 10.9. The second-order valence-electron chi connectivity index (χ2n) is 10.4. The van der Waals surface area contributed by atoms with Gasteiger partial charge in [0, 0.05) is 24.2 Å². The molecule has 162 valence electrons. The van der Waals surface area contributed by atoms with Crippen LogP contribution >= 0.6 is 0 Å².